The highest BCUT2D eigenvalue weighted by molar-refractivity contribution is 6.36. The Morgan fingerprint density at radius 3 is 1.85 bits per heavy atom. The average molecular weight is 701 g/mol. The van der Waals surface area contributed by atoms with Gasteiger partial charge in [-0.15, -0.1) is 0 Å². The maximum Gasteiger partial charge on any atom is 0.0707 e. The summed E-state index contributed by atoms with van der Waals surface area (Å²) >= 11 is 0. The van der Waals surface area contributed by atoms with E-state index in [9.17, 15) is 0 Å². The lowest BCUT2D eigenvalue weighted by atomic mass is 9.92. The third-order valence-corrected chi connectivity index (χ3v) is 11.4. The quantitative estimate of drug-likeness (QED) is 0.177. The molecule has 0 radical (unpaired) electrons. The zero-order valence-corrected chi connectivity index (χ0v) is 30.2. The summed E-state index contributed by atoms with van der Waals surface area (Å²) in [5, 5.41) is 14.2. The Hall–Kier alpha value is -7.16. The number of hydrogen-bond donors (Lipinski definition) is 1. The number of para-hydroxylation sites is 1. The molecule has 0 amide bonds. The number of allylic oxidation sites excluding steroid dienone is 2. The maximum absolute atomic E-state index is 3.94. The van der Waals surface area contributed by atoms with Crippen LogP contribution in [0.4, 0.5) is 0 Å². The zero-order chi connectivity index (χ0) is 36.3. The molecule has 10 aromatic rings. The van der Waals surface area contributed by atoms with Crippen molar-refractivity contribution >= 4 is 65.4 Å². The van der Waals surface area contributed by atoms with Crippen LogP contribution in [0.3, 0.4) is 0 Å². The van der Waals surface area contributed by atoms with E-state index in [2.05, 4.69) is 216 Å². The van der Waals surface area contributed by atoms with Crippen LogP contribution in [0.1, 0.15) is 22.7 Å². The van der Waals surface area contributed by atoms with Crippen LogP contribution < -0.4 is 5.32 Å². The van der Waals surface area contributed by atoms with E-state index >= 15 is 0 Å². The van der Waals surface area contributed by atoms with Gasteiger partial charge in [0, 0.05) is 32.9 Å². The van der Waals surface area contributed by atoms with E-state index in [1.807, 2.05) is 0 Å². The van der Waals surface area contributed by atoms with Crippen molar-refractivity contribution in [3.05, 3.63) is 223 Å². The van der Waals surface area contributed by atoms with Gasteiger partial charge in [-0.25, -0.2) is 0 Å². The van der Waals surface area contributed by atoms with Crippen molar-refractivity contribution in [2.24, 2.45) is 0 Å². The van der Waals surface area contributed by atoms with Crippen LogP contribution >= 0.6 is 0 Å². The SMILES string of the molecule is C1=C(c2ccccc2)C=C(c2ccc(-c3ccccc3)cc2)NC1c1cccc(-n2c3ccccc3c3c4c5ccccc5ccc4c4ccccc4c32)c1. The number of fused-ring (bicyclic) bond motifs is 10. The van der Waals surface area contributed by atoms with Crippen LogP contribution in [0, 0.1) is 0 Å². The molecule has 0 fully saturated rings. The first-order valence-corrected chi connectivity index (χ1v) is 19.1. The van der Waals surface area contributed by atoms with Crippen LogP contribution in [0.5, 0.6) is 0 Å². The second-order valence-corrected chi connectivity index (χ2v) is 14.5. The van der Waals surface area contributed by atoms with Crippen LogP contribution in [-0.4, -0.2) is 4.57 Å². The van der Waals surface area contributed by atoms with Crippen LogP contribution in [0.2, 0.25) is 0 Å². The lowest BCUT2D eigenvalue weighted by Gasteiger charge is -2.26. The van der Waals surface area contributed by atoms with E-state index in [0.717, 1.165) is 16.9 Å². The highest BCUT2D eigenvalue weighted by atomic mass is 15.0. The molecule has 2 nitrogen and oxygen atoms in total. The van der Waals surface area contributed by atoms with Gasteiger partial charge >= 0.3 is 0 Å². The van der Waals surface area contributed by atoms with Gasteiger partial charge in [0.2, 0.25) is 0 Å². The van der Waals surface area contributed by atoms with Gasteiger partial charge in [0.15, 0.2) is 0 Å². The molecule has 55 heavy (non-hydrogen) atoms. The number of aromatic nitrogens is 1. The van der Waals surface area contributed by atoms with Gasteiger partial charge in [0.1, 0.15) is 0 Å². The van der Waals surface area contributed by atoms with Crippen molar-refractivity contribution in [2.45, 2.75) is 6.04 Å². The molecule has 0 aliphatic carbocycles. The third-order valence-electron chi connectivity index (χ3n) is 11.4. The molecule has 2 heterocycles. The second-order valence-electron chi connectivity index (χ2n) is 14.5. The monoisotopic (exact) mass is 700 g/mol. The largest absolute Gasteiger partial charge is 0.374 e. The fourth-order valence-corrected chi connectivity index (χ4v) is 8.83. The Morgan fingerprint density at radius 2 is 1.05 bits per heavy atom. The zero-order valence-electron chi connectivity index (χ0n) is 30.2. The van der Waals surface area contributed by atoms with E-state index in [4.69, 9.17) is 0 Å². The number of nitrogens with zero attached hydrogens (tertiary/aromatic N) is 1. The molecule has 1 atom stereocenters. The van der Waals surface area contributed by atoms with Gasteiger partial charge < -0.3 is 9.88 Å². The van der Waals surface area contributed by atoms with Crippen molar-refractivity contribution in [1.29, 1.82) is 0 Å². The van der Waals surface area contributed by atoms with Crippen molar-refractivity contribution in [2.75, 3.05) is 0 Å². The summed E-state index contributed by atoms with van der Waals surface area (Å²) in [7, 11) is 0. The Morgan fingerprint density at radius 1 is 0.418 bits per heavy atom. The van der Waals surface area contributed by atoms with Crippen LogP contribution in [0.25, 0.3) is 82.2 Å². The van der Waals surface area contributed by atoms with Crippen molar-refractivity contribution < 1.29 is 0 Å². The highest BCUT2D eigenvalue weighted by Crippen LogP contribution is 2.45. The standard InChI is InChI=1S/C53H36N2/c1-3-14-35(15-4-1)37-26-28-39(29-27-37)48-33-41(36-16-5-2-6-17-36)34-49(54-48)40-19-13-20-42(32-40)55-50-25-12-11-24-47(50)52-51-43-21-8-7-18-38(43)30-31-45(51)44-22-9-10-23-46(44)53(52)55/h1-34,49,54H. The summed E-state index contributed by atoms with van der Waals surface area (Å²) in [6.07, 6.45) is 4.67. The minimum absolute atomic E-state index is 0.0430. The summed E-state index contributed by atoms with van der Waals surface area (Å²) in [5.41, 5.74) is 11.9. The molecule has 1 unspecified atom stereocenters. The number of benzene rings is 9. The molecule has 1 aliphatic rings. The van der Waals surface area contributed by atoms with E-state index in [1.165, 1.54) is 82.0 Å². The van der Waals surface area contributed by atoms with Crippen molar-refractivity contribution in [1.82, 2.24) is 9.88 Å². The Balaban J connectivity index is 1.10. The molecule has 258 valence electrons. The predicted molar refractivity (Wildman–Crippen MR) is 233 cm³/mol. The van der Waals surface area contributed by atoms with Gasteiger partial charge in [-0.2, -0.15) is 0 Å². The first-order chi connectivity index (χ1) is 27.3. The smallest absolute Gasteiger partial charge is 0.0707 e. The number of dihydropyridines is 1. The Kier molecular flexibility index (Phi) is 7.28. The predicted octanol–water partition coefficient (Wildman–Crippen LogP) is 13.7. The minimum atomic E-state index is -0.0430. The molecule has 1 aliphatic heterocycles. The molecule has 0 bridgehead atoms. The van der Waals surface area contributed by atoms with Crippen LogP contribution in [-0.2, 0) is 0 Å². The molecule has 1 N–H and O–H groups in total. The lowest BCUT2D eigenvalue weighted by Crippen LogP contribution is -2.22. The molecule has 1 aromatic heterocycles. The molecular weight excluding hydrogens is 665 g/mol. The fourth-order valence-electron chi connectivity index (χ4n) is 8.83. The summed E-state index contributed by atoms with van der Waals surface area (Å²) in [4.78, 5) is 0. The third kappa shape index (κ3) is 5.18. The fraction of sp³-hybridized carbons (Fsp3) is 0.0189. The molecule has 0 spiro atoms. The van der Waals surface area contributed by atoms with Crippen LogP contribution in [0.15, 0.2) is 206 Å². The lowest BCUT2D eigenvalue weighted by molar-refractivity contribution is 0.766. The first-order valence-electron chi connectivity index (χ1n) is 19.1. The molecule has 0 saturated heterocycles. The van der Waals surface area contributed by atoms with E-state index < -0.39 is 0 Å². The summed E-state index contributed by atoms with van der Waals surface area (Å²) in [5.74, 6) is 0. The number of nitrogens with one attached hydrogen (secondary N) is 1. The molecule has 2 heteroatoms. The summed E-state index contributed by atoms with van der Waals surface area (Å²) in [6.45, 7) is 0. The van der Waals surface area contributed by atoms with Crippen molar-refractivity contribution in [3.63, 3.8) is 0 Å². The van der Waals surface area contributed by atoms with E-state index in [-0.39, 0.29) is 6.04 Å². The van der Waals surface area contributed by atoms with Gasteiger partial charge in [0.05, 0.1) is 17.1 Å². The molecule has 11 rings (SSSR count). The normalized spacial score (nSPS) is 14.4. The first kappa shape index (κ1) is 31.4. The maximum atomic E-state index is 3.94. The number of rotatable bonds is 5. The summed E-state index contributed by atoms with van der Waals surface area (Å²) < 4.78 is 2.50. The molecule has 0 saturated carbocycles. The summed E-state index contributed by atoms with van der Waals surface area (Å²) in [6, 6.07) is 70.6. The van der Waals surface area contributed by atoms with Gasteiger partial charge in [0.25, 0.3) is 0 Å². The molecule has 9 aromatic carbocycles. The van der Waals surface area contributed by atoms with Gasteiger partial charge in [-0.3, -0.25) is 0 Å². The molecular formula is C53H36N2. The minimum Gasteiger partial charge on any atom is -0.374 e. The average Bonchev–Trinajstić information content (AvgIpc) is 3.62. The van der Waals surface area contributed by atoms with Gasteiger partial charge in [-0.05, 0) is 85.3 Å². The van der Waals surface area contributed by atoms with Gasteiger partial charge in [-0.1, -0.05) is 176 Å². The topological polar surface area (TPSA) is 17.0 Å². The number of hydrogen-bond acceptors (Lipinski definition) is 1. The Bertz CT molecular complexity index is 3150. The van der Waals surface area contributed by atoms with Crippen molar-refractivity contribution in [3.8, 4) is 16.8 Å². The van der Waals surface area contributed by atoms with E-state index in [1.54, 1.807) is 0 Å². The highest BCUT2D eigenvalue weighted by Gasteiger charge is 2.22. The van der Waals surface area contributed by atoms with E-state index in [0.29, 0.717) is 0 Å². The second kappa shape index (κ2) is 12.8. The Labute approximate surface area is 319 Å².